The zero-order chi connectivity index (χ0) is 15.1. The third-order valence-corrected chi connectivity index (χ3v) is 3.21. The molecule has 2 amide bonds. The van der Waals surface area contributed by atoms with Crippen molar-refractivity contribution in [3.63, 3.8) is 0 Å². The number of hydrogen-bond donors (Lipinski definition) is 3. The molecule has 0 radical (unpaired) electrons. The number of rotatable bonds is 6. The SMILES string of the molecule is CC(C)CC(C)NC(=O)NC(CO)c1ccc(Cl)cc1. The van der Waals surface area contributed by atoms with Crippen LogP contribution in [0.3, 0.4) is 0 Å². The third kappa shape index (κ3) is 5.80. The third-order valence-electron chi connectivity index (χ3n) is 2.96. The van der Waals surface area contributed by atoms with E-state index in [0.717, 1.165) is 12.0 Å². The molecule has 20 heavy (non-hydrogen) atoms. The molecule has 3 N–H and O–H groups in total. The van der Waals surface area contributed by atoms with Crippen LogP contribution in [-0.4, -0.2) is 23.8 Å². The number of benzene rings is 1. The van der Waals surface area contributed by atoms with Gasteiger partial charge in [0, 0.05) is 11.1 Å². The Kier molecular flexibility index (Phi) is 6.82. The van der Waals surface area contributed by atoms with Gasteiger partial charge in [-0.05, 0) is 37.0 Å². The van der Waals surface area contributed by atoms with E-state index >= 15 is 0 Å². The second-order valence-electron chi connectivity index (χ2n) is 5.44. The molecule has 112 valence electrons. The maximum absolute atomic E-state index is 11.9. The molecule has 0 saturated heterocycles. The lowest BCUT2D eigenvalue weighted by molar-refractivity contribution is 0.213. The van der Waals surface area contributed by atoms with E-state index in [0.29, 0.717) is 10.9 Å². The fraction of sp³-hybridized carbons (Fsp3) is 0.533. The maximum Gasteiger partial charge on any atom is 0.315 e. The van der Waals surface area contributed by atoms with Gasteiger partial charge in [-0.3, -0.25) is 0 Å². The molecule has 1 aromatic rings. The van der Waals surface area contributed by atoms with Crippen LogP contribution in [0, 0.1) is 5.92 Å². The van der Waals surface area contributed by atoms with Crippen LogP contribution in [0.2, 0.25) is 5.02 Å². The number of halogens is 1. The second-order valence-corrected chi connectivity index (χ2v) is 5.87. The molecule has 0 fully saturated rings. The van der Waals surface area contributed by atoms with Gasteiger partial charge >= 0.3 is 6.03 Å². The predicted molar refractivity (Wildman–Crippen MR) is 81.9 cm³/mol. The lowest BCUT2D eigenvalue weighted by Gasteiger charge is -2.20. The van der Waals surface area contributed by atoms with Crippen molar-refractivity contribution < 1.29 is 9.90 Å². The normalized spacial score (nSPS) is 13.9. The molecule has 0 aliphatic heterocycles. The Bertz CT molecular complexity index is 420. The maximum atomic E-state index is 11.9. The Morgan fingerprint density at radius 1 is 1.20 bits per heavy atom. The van der Waals surface area contributed by atoms with Crippen molar-refractivity contribution in [3.05, 3.63) is 34.9 Å². The van der Waals surface area contributed by atoms with E-state index in [2.05, 4.69) is 24.5 Å². The van der Waals surface area contributed by atoms with Gasteiger partial charge in [0.25, 0.3) is 0 Å². The topological polar surface area (TPSA) is 61.4 Å². The lowest BCUT2D eigenvalue weighted by atomic mass is 10.1. The Morgan fingerprint density at radius 2 is 1.80 bits per heavy atom. The number of aliphatic hydroxyl groups excluding tert-OH is 1. The first-order valence-corrected chi connectivity index (χ1v) is 7.23. The second kappa shape index (κ2) is 8.12. The Labute approximate surface area is 125 Å². The van der Waals surface area contributed by atoms with Gasteiger partial charge in [-0.25, -0.2) is 4.79 Å². The fourth-order valence-corrected chi connectivity index (χ4v) is 2.25. The Hall–Kier alpha value is -1.26. The molecule has 0 saturated carbocycles. The van der Waals surface area contributed by atoms with E-state index in [1.54, 1.807) is 24.3 Å². The summed E-state index contributed by atoms with van der Waals surface area (Å²) in [6, 6.07) is 6.45. The molecular weight excluding hydrogens is 276 g/mol. The van der Waals surface area contributed by atoms with E-state index in [9.17, 15) is 9.90 Å². The Balaban J connectivity index is 2.55. The molecule has 0 aromatic heterocycles. The average molecular weight is 299 g/mol. The summed E-state index contributed by atoms with van der Waals surface area (Å²) >= 11 is 5.82. The summed E-state index contributed by atoms with van der Waals surface area (Å²) in [6.07, 6.45) is 0.915. The molecule has 0 aliphatic carbocycles. The molecule has 0 aliphatic rings. The fourth-order valence-electron chi connectivity index (χ4n) is 2.12. The minimum atomic E-state index is -0.432. The van der Waals surface area contributed by atoms with Crippen LogP contribution >= 0.6 is 11.6 Å². The van der Waals surface area contributed by atoms with Crippen molar-refractivity contribution in [2.75, 3.05) is 6.61 Å². The summed E-state index contributed by atoms with van der Waals surface area (Å²) in [5, 5.41) is 15.7. The van der Waals surface area contributed by atoms with E-state index in [1.807, 2.05) is 6.92 Å². The monoisotopic (exact) mass is 298 g/mol. The van der Waals surface area contributed by atoms with Crippen LogP contribution in [0.15, 0.2) is 24.3 Å². The molecule has 4 nitrogen and oxygen atoms in total. The van der Waals surface area contributed by atoms with E-state index in [-0.39, 0.29) is 18.7 Å². The first-order valence-electron chi connectivity index (χ1n) is 6.85. The molecule has 0 heterocycles. The minimum Gasteiger partial charge on any atom is -0.394 e. The van der Waals surface area contributed by atoms with Crippen molar-refractivity contribution in [3.8, 4) is 0 Å². The average Bonchev–Trinajstić information content (AvgIpc) is 2.36. The molecule has 1 aromatic carbocycles. The van der Waals surface area contributed by atoms with Gasteiger partial charge in [0.05, 0.1) is 12.6 Å². The molecular formula is C15H23ClN2O2. The lowest BCUT2D eigenvalue weighted by Crippen LogP contribution is -2.43. The highest BCUT2D eigenvalue weighted by molar-refractivity contribution is 6.30. The molecule has 0 spiro atoms. The van der Waals surface area contributed by atoms with Gasteiger partial charge in [0.15, 0.2) is 0 Å². The van der Waals surface area contributed by atoms with Crippen LogP contribution in [0.25, 0.3) is 0 Å². The molecule has 2 atom stereocenters. The Morgan fingerprint density at radius 3 is 2.30 bits per heavy atom. The first kappa shape index (κ1) is 16.8. The van der Waals surface area contributed by atoms with Crippen LogP contribution in [0.5, 0.6) is 0 Å². The summed E-state index contributed by atoms with van der Waals surface area (Å²) in [5.41, 5.74) is 0.823. The summed E-state index contributed by atoms with van der Waals surface area (Å²) in [6.45, 7) is 6.03. The zero-order valence-electron chi connectivity index (χ0n) is 12.2. The van der Waals surface area contributed by atoms with Crippen LogP contribution in [-0.2, 0) is 0 Å². The van der Waals surface area contributed by atoms with Crippen molar-refractivity contribution in [2.45, 2.75) is 39.3 Å². The first-order chi connectivity index (χ1) is 9.42. The van der Waals surface area contributed by atoms with Gasteiger partial charge in [-0.2, -0.15) is 0 Å². The van der Waals surface area contributed by atoms with Crippen LogP contribution < -0.4 is 10.6 Å². The van der Waals surface area contributed by atoms with Crippen LogP contribution in [0.1, 0.15) is 38.8 Å². The minimum absolute atomic E-state index is 0.0968. The number of amides is 2. The number of nitrogens with one attached hydrogen (secondary N) is 2. The number of urea groups is 1. The van der Waals surface area contributed by atoms with Crippen molar-refractivity contribution in [1.29, 1.82) is 0 Å². The molecule has 5 heteroatoms. The van der Waals surface area contributed by atoms with Gasteiger partial charge in [-0.1, -0.05) is 37.6 Å². The smallest absolute Gasteiger partial charge is 0.315 e. The van der Waals surface area contributed by atoms with E-state index in [1.165, 1.54) is 0 Å². The number of carbonyl (C=O) groups is 1. The highest BCUT2D eigenvalue weighted by atomic mass is 35.5. The zero-order valence-corrected chi connectivity index (χ0v) is 12.9. The summed E-state index contributed by atoms with van der Waals surface area (Å²) in [4.78, 5) is 11.9. The van der Waals surface area contributed by atoms with Gasteiger partial charge < -0.3 is 15.7 Å². The van der Waals surface area contributed by atoms with Crippen molar-refractivity contribution >= 4 is 17.6 Å². The van der Waals surface area contributed by atoms with E-state index in [4.69, 9.17) is 11.6 Å². The van der Waals surface area contributed by atoms with Gasteiger partial charge in [0.1, 0.15) is 0 Å². The van der Waals surface area contributed by atoms with Gasteiger partial charge in [0.2, 0.25) is 0 Å². The molecule has 2 unspecified atom stereocenters. The quantitative estimate of drug-likeness (QED) is 0.756. The molecule has 0 bridgehead atoms. The number of hydrogen-bond acceptors (Lipinski definition) is 2. The highest BCUT2D eigenvalue weighted by Gasteiger charge is 2.15. The largest absolute Gasteiger partial charge is 0.394 e. The number of carbonyl (C=O) groups excluding carboxylic acids is 1. The predicted octanol–water partition coefficient (Wildman–Crippen LogP) is 3.11. The van der Waals surface area contributed by atoms with Crippen LogP contribution in [0.4, 0.5) is 4.79 Å². The van der Waals surface area contributed by atoms with Crippen molar-refractivity contribution in [1.82, 2.24) is 10.6 Å². The van der Waals surface area contributed by atoms with Crippen molar-refractivity contribution in [2.24, 2.45) is 5.92 Å². The highest BCUT2D eigenvalue weighted by Crippen LogP contribution is 2.16. The summed E-state index contributed by atoms with van der Waals surface area (Å²) < 4.78 is 0. The molecule has 1 rings (SSSR count). The number of aliphatic hydroxyl groups is 1. The summed E-state index contributed by atoms with van der Waals surface area (Å²) in [5.74, 6) is 0.523. The standard InChI is InChI=1S/C15H23ClN2O2/c1-10(2)8-11(3)17-15(20)18-14(9-19)12-4-6-13(16)7-5-12/h4-7,10-11,14,19H,8-9H2,1-3H3,(H2,17,18,20). The summed E-state index contributed by atoms with van der Waals surface area (Å²) in [7, 11) is 0. The van der Waals surface area contributed by atoms with E-state index < -0.39 is 6.04 Å². The van der Waals surface area contributed by atoms with Gasteiger partial charge in [-0.15, -0.1) is 0 Å².